The second-order valence-corrected chi connectivity index (χ2v) is 4.43. The van der Waals surface area contributed by atoms with Gasteiger partial charge in [0.25, 0.3) is 0 Å². The molecular weight excluding hydrogens is 235 g/mol. The lowest BCUT2D eigenvalue weighted by atomic mass is 10.0. The number of hydrogen-bond donors (Lipinski definition) is 0. The van der Waals surface area contributed by atoms with Crippen molar-refractivity contribution in [1.29, 1.82) is 0 Å². The molecule has 1 aromatic carbocycles. The van der Waals surface area contributed by atoms with E-state index in [1.54, 1.807) is 6.07 Å². The minimum absolute atomic E-state index is 0.00925. The van der Waals surface area contributed by atoms with Crippen LogP contribution in [0.5, 0.6) is 11.5 Å². The molecule has 0 bridgehead atoms. The number of rotatable bonds is 6. The second-order valence-electron chi connectivity index (χ2n) is 4.43. The fraction of sp³-hybridized carbons (Fsp3) is 0.500. The highest BCUT2D eigenvalue weighted by Gasteiger charge is 2.13. The number of ketones is 1. The zero-order valence-electron chi connectivity index (χ0n) is 11.2. The lowest BCUT2D eigenvalue weighted by molar-refractivity contribution is -0.121. The van der Waals surface area contributed by atoms with Gasteiger partial charge in [-0.2, -0.15) is 0 Å². The number of methoxy groups -OCH3 is 2. The van der Waals surface area contributed by atoms with Crippen molar-refractivity contribution >= 4 is 5.78 Å². The van der Waals surface area contributed by atoms with Crippen LogP contribution in [-0.2, 0) is 11.2 Å². The van der Waals surface area contributed by atoms with E-state index in [0.717, 1.165) is 5.56 Å². The molecule has 3 nitrogen and oxygen atoms in total. The van der Waals surface area contributed by atoms with Crippen molar-refractivity contribution in [1.82, 2.24) is 0 Å². The smallest absolute Gasteiger partial charge is 0.196 e. The third-order valence-electron chi connectivity index (χ3n) is 2.80. The topological polar surface area (TPSA) is 35.5 Å². The number of Topliss-reactive ketones (excluding diaryl/α,β-unsaturated/α-hetero) is 1. The van der Waals surface area contributed by atoms with E-state index in [0.29, 0.717) is 18.6 Å². The summed E-state index contributed by atoms with van der Waals surface area (Å²) in [6.07, 6.45) is 0.918. The summed E-state index contributed by atoms with van der Waals surface area (Å²) >= 11 is 0. The fourth-order valence-electron chi connectivity index (χ4n) is 1.67. The first-order valence-corrected chi connectivity index (χ1v) is 5.92. The van der Waals surface area contributed by atoms with Gasteiger partial charge < -0.3 is 9.47 Å². The standard InChI is InChI=1S/C14H19FO3/c1-9(2)12(16)6-5-10-7-11(15)14(18-4)13(8-10)17-3/h7-9H,5-6H2,1-4H3. The highest BCUT2D eigenvalue weighted by Crippen LogP contribution is 2.31. The van der Waals surface area contributed by atoms with Crippen LogP contribution in [0.1, 0.15) is 25.8 Å². The van der Waals surface area contributed by atoms with Gasteiger partial charge in [0, 0.05) is 12.3 Å². The number of hydrogen-bond acceptors (Lipinski definition) is 3. The van der Waals surface area contributed by atoms with E-state index in [9.17, 15) is 9.18 Å². The van der Waals surface area contributed by atoms with E-state index < -0.39 is 5.82 Å². The fourth-order valence-corrected chi connectivity index (χ4v) is 1.67. The van der Waals surface area contributed by atoms with Gasteiger partial charge in [-0.3, -0.25) is 4.79 Å². The molecule has 0 aromatic heterocycles. The third-order valence-corrected chi connectivity index (χ3v) is 2.80. The number of halogens is 1. The molecule has 0 N–H and O–H groups in total. The van der Waals surface area contributed by atoms with Crippen LogP contribution >= 0.6 is 0 Å². The normalized spacial score (nSPS) is 10.6. The van der Waals surface area contributed by atoms with Crippen LogP contribution in [0.3, 0.4) is 0 Å². The van der Waals surface area contributed by atoms with Crippen molar-refractivity contribution in [3.05, 3.63) is 23.5 Å². The molecule has 0 atom stereocenters. The number of carbonyl (C=O) groups is 1. The van der Waals surface area contributed by atoms with Gasteiger partial charge in [0.2, 0.25) is 0 Å². The molecule has 0 spiro atoms. The molecule has 1 rings (SSSR count). The van der Waals surface area contributed by atoms with E-state index in [2.05, 4.69) is 0 Å². The van der Waals surface area contributed by atoms with Gasteiger partial charge in [-0.25, -0.2) is 4.39 Å². The Hall–Kier alpha value is -1.58. The molecule has 100 valence electrons. The van der Waals surface area contributed by atoms with Crippen LogP contribution in [0, 0.1) is 11.7 Å². The molecule has 0 aliphatic carbocycles. The van der Waals surface area contributed by atoms with E-state index in [1.165, 1.54) is 20.3 Å². The monoisotopic (exact) mass is 254 g/mol. The summed E-state index contributed by atoms with van der Waals surface area (Å²) in [6, 6.07) is 3.09. The van der Waals surface area contributed by atoms with Crippen molar-refractivity contribution in [3.8, 4) is 11.5 Å². The maximum Gasteiger partial charge on any atom is 0.196 e. The minimum Gasteiger partial charge on any atom is -0.493 e. The number of aryl methyl sites for hydroxylation is 1. The molecule has 0 saturated carbocycles. The van der Waals surface area contributed by atoms with Crippen LogP contribution in [0.4, 0.5) is 4.39 Å². The summed E-state index contributed by atoms with van der Waals surface area (Å²) in [5.41, 5.74) is 0.735. The Bertz CT molecular complexity index is 427. The Labute approximate surface area is 107 Å². The number of ether oxygens (including phenoxy) is 2. The Kier molecular flexibility index (Phi) is 5.13. The summed E-state index contributed by atoms with van der Waals surface area (Å²) in [4.78, 5) is 11.5. The number of benzene rings is 1. The zero-order chi connectivity index (χ0) is 13.7. The molecule has 0 radical (unpaired) electrons. The van der Waals surface area contributed by atoms with Gasteiger partial charge in [0.15, 0.2) is 17.3 Å². The summed E-state index contributed by atoms with van der Waals surface area (Å²) in [7, 11) is 2.85. The molecule has 1 aromatic rings. The Morgan fingerprint density at radius 3 is 2.44 bits per heavy atom. The average Bonchev–Trinajstić information content (AvgIpc) is 2.34. The highest BCUT2D eigenvalue weighted by atomic mass is 19.1. The number of carbonyl (C=O) groups excluding carboxylic acids is 1. The molecule has 0 fully saturated rings. The first kappa shape index (κ1) is 14.5. The Morgan fingerprint density at radius 2 is 1.94 bits per heavy atom. The van der Waals surface area contributed by atoms with Crippen molar-refractivity contribution < 1.29 is 18.7 Å². The summed E-state index contributed by atoms with van der Waals surface area (Å²) in [6.45, 7) is 3.72. The molecule has 0 heterocycles. The Morgan fingerprint density at radius 1 is 1.28 bits per heavy atom. The van der Waals surface area contributed by atoms with Crippen molar-refractivity contribution in [2.75, 3.05) is 14.2 Å². The summed E-state index contributed by atoms with van der Waals surface area (Å²) in [5, 5.41) is 0. The van der Waals surface area contributed by atoms with E-state index in [-0.39, 0.29) is 17.5 Å². The van der Waals surface area contributed by atoms with Gasteiger partial charge in [-0.05, 0) is 24.1 Å². The molecule has 0 saturated heterocycles. The van der Waals surface area contributed by atoms with Crippen molar-refractivity contribution in [3.63, 3.8) is 0 Å². The quantitative estimate of drug-likeness (QED) is 0.782. The molecule has 4 heteroatoms. The largest absolute Gasteiger partial charge is 0.493 e. The average molecular weight is 254 g/mol. The molecule has 0 amide bonds. The van der Waals surface area contributed by atoms with Crippen LogP contribution in [-0.4, -0.2) is 20.0 Å². The summed E-state index contributed by atoms with van der Waals surface area (Å²) < 4.78 is 23.7. The zero-order valence-corrected chi connectivity index (χ0v) is 11.2. The maximum atomic E-state index is 13.7. The van der Waals surface area contributed by atoms with E-state index >= 15 is 0 Å². The van der Waals surface area contributed by atoms with E-state index in [4.69, 9.17) is 9.47 Å². The SMILES string of the molecule is COc1cc(CCC(=O)C(C)C)cc(F)c1OC. The predicted molar refractivity (Wildman–Crippen MR) is 67.7 cm³/mol. The van der Waals surface area contributed by atoms with Gasteiger partial charge >= 0.3 is 0 Å². The minimum atomic E-state index is -0.469. The van der Waals surface area contributed by atoms with Gasteiger partial charge in [-0.1, -0.05) is 13.8 Å². The summed E-state index contributed by atoms with van der Waals surface area (Å²) in [5.74, 6) is 0.157. The highest BCUT2D eigenvalue weighted by molar-refractivity contribution is 5.80. The van der Waals surface area contributed by atoms with Crippen LogP contribution in [0.25, 0.3) is 0 Å². The van der Waals surface area contributed by atoms with Gasteiger partial charge in [0.05, 0.1) is 14.2 Å². The first-order chi connectivity index (χ1) is 8.49. The van der Waals surface area contributed by atoms with Gasteiger partial charge in [0.1, 0.15) is 5.78 Å². The molecular formula is C14H19FO3. The van der Waals surface area contributed by atoms with Crippen LogP contribution < -0.4 is 9.47 Å². The van der Waals surface area contributed by atoms with Crippen molar-refractivity contribution in [2.45, 2.75) is 26.7 Å². The molecule has 0 aliphatic rings. The lowest BCUT2D eigenvalue weighted by Crippen LogP contribution is -2.08. The predicted octanol–water partition coefficient (Wildman–Crippen LogP) is 3.00. The Balaban J connectivity index is 2.85. The third kappa shape index (κ3) is 3.45. The molecule has 0 unspecified atom stereocenters. The second kappa shape index (κ2) is 6.38. The molecule has 0 aliphatic heterocycles. The molecule has 18 heavy (non-hydrogen) atoms. The first-order valence-electron chi connectivity index (χ1n) is 5.92. The van der Waals surface area contributed by atoms with Crippen LogP contribution in [0.15, 0.2) is 12.1 Å². The van der Waals surface area contributed by atoms with Gasteiger partial charge in [-0.15, -0.1) is 0 Å². The van der Waals surface area contributed by atoms with Crippen molar-refractivity contribution in [2.24, 2.45) is 5.92 Å². The lowest BCUT2D eigenvalue weighted by Gasteiger charge is -2.11. The van der Waals surface area contributed by atoms with Crippen LogP contribution in [0.2, 0.25) is 0 Å². The van der Waals surface area contributed by atoms with E-state index in [1.807, 2.05) is 13.8 Å². The maximum absolute atomic E-state index is 13.7.